The minimum absolute atomic E-state index is 0.271. The number of aryl methyl sites for hydroxylation is 1. The maximum absolute atomic E-state index is 11.1. The van der Waals surface area contributed by atoms with Gasteiger partial charge in [0.05, 0.1) is 17.1 Å². The van der Waals surface area contributed by atoms with Gasteiger partial charge in [-0.1, -0.05) is 15.9 Å². The number of nitrogens with zero attached hydrogens (tertiary/aromatic N) is 2. The highest BCUT2D eigenvalue weighted by Crippen LogP contribution is 2.19. The summed E-state index contributed by atoms with van der Waals surface area (Å²) < 4.78 is 2.62. The second-order valence-electron chi connectivity index (χ2n) is 3.74. The normalized spacial score (nSPS) is 10.5. The zero-order chi connectivity index (χ0) is 12.6. The van der Waals surface area contributed by atoms with E-state index in [1.165, 1.54) is 0 Å². The first-order valence-corrected chi connectivity index (χ1v) is 5.85. The fraction of sp³-hybridized carbons (Fsp3) is 0.167. The molecule has 5 heteroatoms. The monoisotopic (exact) mass is 294 g/mol. The number of halogens is 1. The van der Waals surface area contributed by atoms with Crippen molar-refractivity contribution in [3.8, 4) is 5.69 Å². The van der Waals surface area contributed by atoms with E-state index in [0.29, 0.717) is 11.4 Å². The number of hydrogen-bond acceptors (Lipinski definition) is 2. The van der Waals surface area contributed by atoms with Crippen molar-refractivity contribution < 1.29 is 9.90 Å². The number of carbonyl (C=O) groups is 1. The van der Waals surface area contributed by atoms with Gasteiger partial charge in [0, 0.05) is 4.47 Å². The van der Waals surface area contributed by atoms with Crippen LogP contribution in [0.1, 0.15) is 21.7 Å². The van der Waals surface area contributed by atoms with Crippen molar-refractivity contribution in [2.24, 2.45) is 0 Å². The molecule has 0 fully saturated rings. The summed E-state index contributed by atoms with van der Waals surface area (Å²) >= 11 is 3.36. The van der Waals surface area contributed by atoms with Crippen molar-refractivity contribution in [1.29, 1.82) is 0 Å². The smallest absolute Gasteiger partial charge is 0.339 e. The van der Waals surface area contributed by atoms with Crippen LogP contribution in [0.5, 0.6) is 0 Å². The topological polar surface area (TPSA) is 55.1 Å². The lowest BCUT2D eigenvalue weighted by atomic mass is 10.2. The standard InChI is InChI=1S/C12H11BrN2O2/c1-7-11(12(16)17)8(2)15(14-7)10-5-3-9(13)4-6-10/h3-6H,1-2H3,(H,16,17). The highest BCUT2D eigenvalue weighted by molar-refractivity contribution is 9.10. The Kier molecular flexibility index (Phi) is 3.02. The van der Waals surface area contributed by atoms with E-state index in [1.807, 2.05) is 24.3 Å². The van der Waals surface area contributed by atoms with E-state index < -0.39 is 5.97 Å². The van der Waals surface area contributed by atoms with E-state index in [0.717, 1.165) is 10.2 Å². The molecule has 17 heavy (non-hydrogen) atoms. The van der Waals surface area contributed by atoms with Crippen LogP contribution in [0.3, 0.4) is 0 Å². The summed E-state index contributed by atoms with van der Waals surface area (Å²) in [5.41, 5.74) is 2.28. The molecular formula is C12H11BrN2O2. The third kappa shape index (κ3) is 2.10. The van der Waals surface area contributed by atoms with Crippen LogP contribution in [-0.4, -0.2) is 20.9 Å². The molecular weight excluding hydrogens is 284 g/mol. The minimum atomic E-state index is -0.941. The lowest BCUT2D eigenvalue weighted by Crippen LogP contribution is -2.02. The number of hydrogen-bond donors (Lipinski definition) is 1. The molecule has 1 heterocycles. The molecule has 0 saturated carbocycles. The highest BCUT2D eigenvalue weighted by Gasteiger charge is 2.18. The maximum Gasteiger partial charge on any atom is 0.339 e. The van der Waals surface area contributed by atoms with Crippen LogP contribution >= 0.6 is 15.9 Å². The lowest BCUT2D eigenvalue weighted by molar-refractivity contribution is 0.0695. The van der Waals surface area contributed by atoms with Crippen molar-refractivity contribution in [1.82, 2.24) is 9.78 Å². The third-order valence-electron chi connectivity index (χ3n) is 2.58. The average molecular weight is 295 g/mol. The predicted molar refractivity (Wildman–Crippen MR) is 67.7 cm³/mol. The quantitative estimate of drug-likeness (QED) is 0.926. The molecule has 0 spiro atoms. The molecule has 0 aliphatic carbocycles. The molecule has 1 aromatic heterocycles. The number of aromatic nitrogens is 2. The van der Waals surface area contributed by atoms with Gasteiger partial charge in [0.25, 0.3) is 0 Å². The van der Waals surface area contributed by atoms with E-state index in [4.69, 9.17) is 5.11 Å². The van der Waals surface area contributed by atoms with E-state index in [1.54, 1.807) is 18.5 Å². The molecule has 0 aliphatic heterocycles. The number of carboxylic acid groups (broad SMARTS) is 1. The summed E-state index contributed by atoms with van der Waals surface area (Å²) in [5, 5.41) is 13.3. The Labute approximate surface area is 107 Å². The van der Waals surface area contributed by atoms with Gasteiger partial charge in [0.15, 0.2) is 0 Å². The third-order valence-corrected chi connectivity index (χ3v) is 3.11. The van der Waals surface area contributed by atoms with Crippen LogP contribution in [0.4, 0.5) is 0 Å². The Morgan fingerprint density at radius 1 is 1.29 bits per heavy atom. The van der Waals surface area contributed by atoms with E-state index >= 15 is 0 Å². The highest BCUT2D eigenvalue weighted by atomic mass is 79.9. The number of rotatable bonds is 2. The fourth-order valence-electron chi connectivity index (χ4n) is 1.79. The minimum Gasteiger partial charge on any atom is -0.478 e. The van der Waals surface area contributed by atoms with Gasteiger partial charge in [-0.05, 0) is 38.1 Å². The van der Waals surface area contributed by atoms with Crippen LogP contribution < -0.4 is 0 Å². The van der Waals surface area contributed by atoms with Crippen LogP contribution in [0.25, 0.3) is 5.69 Å². The van der Waals surface area contributed by atoms with Gasteiger partial charge in [0.2, 0.25) is 0 Å². The van der Waals surface area contributed by atoms with Crippen molar-refractivity contribution in [3.05, 3.63) is 45.7 Å². The molecule has 4 nitrogen and oxygen atoms in total. The lowest BCUT2D eigenvalue weighted by Gasteiger charge is -2.04. The first-order chi connectivity index (χ1) is 8.00. The molecule has 1 aromatic carbocycles. The van der Waals surface area contributed by atoms with Crippen molar-refractivity contribution in [2.75, 3.05) is 0 Å². The second-order valence-corrected chi connectivity index (χ2v) is 4.65. The Morgan fingerprint density at radius 2 is 1.88 bits per heavy atom. The number of benzene rings is 1. The zero-order valence-corrected chi connectivity index (χ0v) is 11.0. The zero-order valence-electron chi connectivity index (χ0n) is 9.44. The SMILES string of the molecule is Cc1nn(-c2ccc(Br)cc2)c(C)c1C(=O)O. The van der Waals surface area contributed by atoms with Crippen molar-refractivity contribution in [3.63, 3.8) is 0 Å². The first-order valence-electron chi connectivity index (χ1n) is 5.06. The molecule has 88 valence electrons. The Bertz CT molecular complexity index is 573. The molecule has 0 amide bonds. The summed E-state index contributed by atoms with van der Waals surface area (Å²) in [4.78, 5) is 11.1. The van der Waals surface area contributed by atoms with Gasteiger partial charge in [-0.3, -0.25) is 0 Å². The predicted octanol–water partition coefficient (Wildman–Crippen LogP) is 2.95. The Balaban J connectivity index is 2.57. The molecule has 0 aliphatic rings. The molecule has 2 rings (SSSR count). The van der Waals surface area contributed by atoms with Gasteiger partial charge >= 0.3 is 5.97 Å². The Hall–Kier alpha value is -1.62. The second kappa shape index (κ2) is 4.33. The van der Waals surface area contributed by atoms with E-state index in [-0.39, 0.29) is 5.56 Å². The molecule has 0 atom stereocenters. The summed E-state index contributed by atoms with van der Waals surface area (Å²) in [5.74, 6) is -0.941. The summed E-state index contributed by atoms with van der Waals surface area (Å²) in [6, 6.07) is 7.56. The van der Waals surface area contributed by atoms with Crippen molar-refractivity contribution in [2.45, 2.75) is 13.8 Å². The summed E-state index contributed by atoms with van der Waals surface area (Å²) in [6.07, 6.45) is 0. The molecule has 0 bridgehead atoms. The number of carboxylic acids is 1. The van der Waals surface area contributed by atoms with Gasteiger partial charge in [-0.25, -0.2) is 9.48 Å². The van der Waals surface area contributed by atoms with Crippen LogP contribution in [0.15, 0.2) is 28.7 Å². The fourth-order valence-corrected chi connectivity index (χ4v) is 2.05. The largest absolute Gasteiger partial charge is 0.478 e. The van der Waals surface area contributed by atoms with Gasteiger partial charge in [-0.2, -0.15) is 5.10 Å². The Morgan fingerprint density at radius 3 is 2.35 bits per heavy atom. The first kappa shape index (κ1) is 11.9. The number of aromatic carboxylic acids is 1. The van der Waals surface area contributed by atoms with E-state index in [2.05, 4.69) is 21.0 Å². The molecule has 2 aromatic rings. The van der Waals surface area contributed by atoms with Crippen LogP contribution in [0.2, 0.25) is 0 Å². The van der Waals surface area contributed by atoms with E-state index in [9.17, 15) is 4.79 Å². The maximum atomic E-state index is 11.1. The van der Waals surface area contributed by atoms with Gasteiger partial charge in [-0.15, -0.1) is 0 Å². The average Bonchev–Trinajstić information content (AvgIpc) is 2.55. The molecule has 0 unspecified atom stereocenters. The summed E-state index contributed by atoms with van der Waals surface area (Å²) in [6.45, 7) is 3.46. The van der Waals surface area contributed by atoms with Crippen LogP contribution in [-0.2, 0) is 0 Å². The van der Waals surface area contributed by atoms with Gasteiger partial charge < -0.3 is 5.11 Å². The molecule has 1 N–H and O–H groups in total. The molecule has 0 saturated heterocycles. The van der Waals surface area contributed by atoms with Crippen molar-refractivity contribution >= 4 is 21.9 Å². The van der Waals surface area contributed by atoms with Gasteiger partial charge in [0.1, 0.15) is 5.56 Å². The summed E-state index contributed by atoms with van der Waals surface area (Å²) in [7, 11) is 0. The van der Waals surface area contributed by atoms with Crippen LogP contribution in [0, 0.1) is 13.8 Å². The molecule has 0 radical (unpaired) electrons.